The molecule has 3 rings (SSSR count). The van der Waals surface area contributed by atoms with Crippen LogP contribution in [-0.4, -0.2) is 23.5 Å². The van der Waals surface area contributed by atoms with Gasteiger partial charge in [-0.05, 0) is 70.6 Å². The van der Waals surface area contributed by atoms with Crippen LogP contribution in [0.4, 0.5) is 17.3 Å². The van der Waals surface area contributed by atoms with Crippen LogP contribution >= 0.6 is 28.1 Å². The lowest BCUT2D eigenvalue weighted by Crippen LogP contribution is -2.19. The van der Waals surface area contributed by atoms with Crippen molar-refractivity contribution in [2.24, 2.45) is 0 Å². The van der Waals surface area contributed by atoms with Gasteiger partial charge in [-0.15, -0.1) is 0 Å². The fourth-order valence-electron chi connectivity index (χ4n) is 2.10. The topological polar surface area (TPSA) is 96.0 Å². The van der Waals surface area contributed by atoms with E-state index in [0.717, 1.165) is 10.2 Å². The molecule has 0 radical (unpaired) electrons. The Labute approximate surface area is 170 Å². The van der Waals surface area contributed by atoms with E-state index in [2.05, 4.69) is 41.3 Å². The molecule has 0 spiro atoms. The molecule has 2 aromatic carbocycles. The van der Waals surface area contributed by atoms with Gasteiger partial charge in [0.05, 0.1) is 10.6 Å². The summed E-state index contributed by atoms with van der Waals surface area (Å²) in [7, 11) is -3.77. The minimum atomic E-state index is -3.77. The third kappa shape index (κ3) is 5.22. The van der Waals surface area contributed by atoms with Crippen LogP contribution in [0.15, 0.2) is 76.4 Å². The molecule has 27 heavy (non-hydrogen) atoms. The van der Waals surface area contributed by atoms with E-state index in [4.69, 9.17) is 12.2 Å². The van der Waals surface area contributed by atoms with Crippen molar-refractivity contribution in [3.05, 3.63) is 71.5 Å². The first kappa shape index (κ1) is 19.2. The smallest absolute Gasteiger partial charge is 0.264 e. The summed E-state index contributed by atoms with van der Waals surface area (Å²) in [6.45, 7) is 0. The second kappa shape index (κ2) is 8.42. The number of hydrogen-bond donors (Lipinski definition) is 3. The number of nitrogens with zero attached hydrogens (tertiary/aromatic N) is 2. The molecule has 1 aromatic heterocycles. The van der Waals surface area contributed by atoms with Crippen molar-refractivity contribution in [1.82, 2.24) is 9.97 Å². The maximum atomic E-state index is 12.4. The van der Waals surface area contributed by atoms with Gasteiger partial charge in [-0.1, -0.05) is 12.1 Å². The lowest BCUT2D eigenvalue weighted by Gasteiger charge is -2.12. The van der Waals surface area contributed by atoms with Crippen molar-refractivity contribution in [3.63, 3.8) is 0 Å². The Morgan fingerprint density at radius 2 is 1.59 bits per heavy atom. The van der Waals surface area contributed by atoms with Crippen molar-refractivity contribution in [2.75, 3.05) is 15.4 Å². The maximum Gasteiger partial charge on any atom is 0.264 e. The first-order valence-electron chi connectivity index (χ1n) is 7.66. The molecule has 0 saturated carbocycles. The molecule has 7 nitrogen and oxygen atoms in total. The molecular weight excluding hydrogens is 450 g/mol. The highest BCUT2D eigenvalue weighted by molar-refractivity contribution is 9.10. The van der Waals surface area contributed by atoms with E-state index in [1.807, 2.05) is 24.3 Å². The highest BCUT2D eigenvalue weighted by Gasteiger charge is 2.15. The fourth-order valence-corrected chi connectivity index (χ4v) is 3.67. The van der Waals surface area contributed by atoms with Crippen molar-refractivity contribution in [1.29, 1.82) is 0 Å². The normalized spacial score (nSPS) is 10.9. The van der Waals surface area contributed by atoms with Gasteiger partial charge in [0.1, 0.15) is 0 Å². The van der Waals surface area contributed by atoms with Crippen LogP contribution in [0.25, 0.3) is 0 Å². The van der Waals surface area contributed by atoms with Crippen LogP contribution in [0.2, 0.25) is 0 Å². The van der Waals surface area contributed by atoms with Gasteiger partial charge in [0.2, 0.25) is 5.95 Å². The number of anilines is 3. The Morgan fingerprint density at radius 1 is 0.926 bits per heavy atom. The molecule has 0 atom stereocenters. The fraction of sp³-hybridized carbons (Fsp3) is 0. The number of benzene rings is 2. The molecule has 0 aliphatic rings. The molecule has 0 aliphatic carbocycles. The van der Waals surface area contributed by atoms with Crippen LogP contribution in [0.5, 0.6) is 0 Å². The van der Waals surface area contributed by atoms with Crippen LogP contribution < -0.4 is 15.4 Å². The predicted molar refractivity (Wildman–Crippen MR) is 113 cm³/mol. The molecule has 0 amide bonds. The average Bonchev–Trinajstić information content (AvgIpc) is 2.64. The Hall–Kier alpha value is -2.56. The summed E-state index contributed by atoms with van der Waals surface area (Å²) in [5.74, 6) is 0.0125. The number of thiocarbonyl (C=S) groups is 1. The van der Waals surface area contributed by atoms with Crippen LogP contribution in [-0.2, 0) is 10.0 Å². The Balaban J connectivity index is 1.66. The zero-order chi connectivity index (χ0) is 19.3. The van der Waals surface area contributed by atoms with Gasteiger partial charge < -0.3 is 10.6 Å². The molecule has 0 saturated heterocycles. The van der Waals surface area contributed by atoms with E-state index in [0.29, 0.717) is 10.8 Å². The number of halogens is 1. The number of sulfonamides is 1. The van der Waals surface area contributed by atoms with Crippen LogP contribution in [0, 0.1) is 0 Å². The third-order valence-electron chi connectivity index (χ3n) is 3.34. The van der Waals surface area contributed by atoms with Gasteiger partial charge >= 0.3 is 0 Å². The molecule has 138 valence electrons. The minimum Gasteiger partial charge on any atom is -0.332 e. The lowest BCUT2D eigenvalue weighted by atomic mass is 10.3. The number of nitrogens with one attached hydrogen (secondary N) is 3. The van der Waals surface area contributed by atoms with Crippen LogP contribution in [0.3, 0.4) is 0 Å². The van der Waals surface area contributed by atoms with Crippen LogP contribution in [0.1, 0.15) is 0 Å². The zero-order valence-electron chi connectivity index (χ0n) is 13.8. The Kier molecular flexibility index (Phi) is 5.99. The largest absolute Gasteiger partial charge is 0.332 e. The summed E-state index contributed by atoms with van der Waals surface area (Å²) in [6, 6.07) is 15.3. The second-order valence-electron chi connectivity index (χ2n) is 5.26. The van der Waals surface area contributed by atoms with Gasteiger partial charge in [-0.25, -0.2) is 23.1 Å². The molecular formula is C17H14BrN5O2S2. The molecule has 3 aromatic rings. The van der Waals surface area contributed by atoms with E-state index < -0.39 is 10.0 Å². The first-order valence-corrected chi connectivity index (χ1v) is 10.3. The van der Waals surface area contributed by atoms with Gasteiger partial charge in [-0.3, -0.25) is 0 Å². The summed E-state index contributed by atoms with van der Waals surface area (Å²) in [5.41, 5.74) is 1.47. The number of aromatic nitrogens is 2. The molecule has 0 bridgehead atoms. The minimum absolute atomic E-state index is 0.0125. The standard InChI is InChI=1S/C17H14BrN5O2S2/c18-14-4-1-2-5-15(14)22-17(26)21-12-6-8-13(9-7-12)27(24,25)23-16-19-10-3-11-20-16/h1-11H,(H,19,20,23)(H2,21,22,26). The summed E-state index contributed by atoms with van der Waals surface area (Å²) >= 11 is 8.72. The second-order valence-corrected chi connectivity index (χ2v) is 8.21. The summed E-state index contributed by atoms with van der Waals surface area (Å²) in [4.78, 5) is 7.79. The SMILES string of the molecule is O=S(=O)(Nc1ncccn1)c1ccc(NC(=S)Nc2ccccc2Br)cc1. The number of hydrogen-bond acceptors (Lipinski definition) is 5. The molecule has 1 heterocycles. The molecule has 0 fully saturated rings. The molecule has 3 N–H and O–H groups in total. The van der Waals surface area contributed by atoms with E-state index in [1.165, 1.54) is 24.5 Å². The number of para-hydroxylation sites is 1. The summed E-state index contributed by atoms with van der Waals surface area (Å²) < 4.78 is 27.9. The van der Waals surface area contributed by atoms with E-state index in [9.17, 15) is 8.42 Å². The maximum absolute atomic E-state index is 12.4. The van der Waals surface area contributed by atoms with Crippen molar-refractivity contribution < 1.29 is 8.42 Å². The predicted octanol–water partition coefficient (Wildman–Crippen LogP) is 3.85. The van der Waals surface area contributed by atoms with Crippen molar-refractivity contribution in [2.45, 2.75) is 4.90 Å². The highest BCUT2D eigenvalue weighted by Crippen LogP contribution is 2.22. The average molecular weight is 464 g/mol. The number of rotatable bonds is 5. The zero-order valence-corrected chi connectivity index (χ0v) is 17.0. The monoisotopic (exact) mass is 463 g/mol. The first-order chi connectivity index (χ1) is 12.9. The quantitative estimate of drug-likeness (QED) is 0.494. The molecule has 0 aliphatic heterocycles. The Bertz CT molecular complexity index is 1040. The van der Waals surface area contributed by atoms with E-state index in [-0.39, 0.29) is 10.8 Å². The van der Waals surface area contributed by atoms with Gasteiger partial charge in [0.25, 0.3) is 10.0 Å². The lowest BCUT2D eigenvalue weighted by molar-refractivity contribution is 0.601. The molecule has 0 unspecified atom stereocenters. The van der Waals surface area contributed by atoms with E-state index in [1.54, 1.807) is 18.2 Å². The summed E-state index contributed by atoms with van der Waals surface area (Å²) in [5, 5.41) is 6.45. The van der Waals surface area contributed by atoms with Gasteiger partial charge in [-0.2, -0.15) is 0 Å². The molecule has 10 heteroatoms. The van der Waals surface area contributed by atoms with Crippen molar-refractivity contribution >= 4 is 60.6 Å². The Morgan fingerprint density at radius 3 is 2.26 bits per heavy atom. The van der Waals surface area contributed by atoms with E-state index >= 15 is 0 Å². The highest BCUT2D eigenvalue weighted by atomic mass is 79.9. The van der Waals surface area contributed by atoms with Crippen molar-refractivity contribution in [3.8, 4) is 0 Å². The van der Waals surface area contributed by atoms with Gasteiger partial charge in [0.15, 0.2) is 5.11 Å². The summed E-state index contributed by atoms with van der Waals surface area (Å²) in [6.07, 6.45) is 2.91. The van der Waals surface area contributed by atoms with Gasteiger partial charge in [0, 0.05) is 22.6 Å². The third-order valence-corrected chi connectivity index (χ3v) is 5.58.